The predicted octanol–water partition coefficient (Wildman–Crippen LogP) is 1.69. The third-order valence-corrected chi connectivity index (χ3v) is 6.19. The number of imidazole rings is 1. The highest BCUT2D eigenvalue weighted by molar-refractivity contribution is 5.68. The van der Waals surface area contributed by atoms with Crippen LogP contribution in [0.3, 0.4) is 0 Å². The highest BCUT2D eigenvalue weighted by Gasteiger charge is 2.58. The van der Waals surface area contributed by atoms with Crippen molar-refractivity contribution in [3.63, 3.8) is 0 Å². The number of aryl methyl sites for hydroxylation is 1. The zero-order chi connectivity index (χ0) is 21.3. The summed E-state index contributed by atoms with van der Waals surface area (Å²) >= 11 is 0. The van der Waals surface area contributed by atoms with Crippen LogP contribution in [0.1, 0.15) is 17.6 Å². The van der Waals surface area contributed by atoms with Gasteiger partial charge in [0, 0.05) is 37.8 Å². The van der Waals surface area contributed by atoms with Crippen molar-refractivity contribution in [1.82, 2.24) is 29.2 Å². The van der Waals surface area contributed by atoms with Crippen LogP contribution >= 0.6 is 0 Å². The molecule has 4 heterocycles. The van der Waals surface area contributed by atoms with Crippen LogP contribution in [0.5, 0.6) is 0 Å². The summed E-state index contributed by atoms with van der Waals surface area (Å²) in [5, 5.41) is 4.10. The third-order valence-electron chi connectivity index (χ3n) is 6.19. The number of halogens is 2. The molecule has 0 spiro atoms. The van der Waals surface area contributed by atoms with Crippen molar-refractivity contribution < 1.29 is 13.3 Å². The van der Waals surface area contributed by atoms with Gasteiger partial charge >= 0.3 is 0 Å². The maximum absolute atomic E-state index is 13.5. The van der Waals surface area contributed by atoms with E-state index in [4.69, 9.17) is 4.52 Å². The first-order chi connectivity index (χ1) is 15.0. The summed E-state index contributed by atoms with van der Waals surface area (Å²) in [6.07, 6.45) is 2.96. The van der Waals surface area contributed by atoms with E-state index in [1.54, 1.807) is 17.9 Å². The molecule has 2 fully saturated rings. The van der Waals surface area contributed by atoms with E-state index in [2.05, 4.69) is 20.1 Å². The molecule has 9 nitrogen and oxygen atoms in total. The van der Waals surface area contributed by atoms with Gasteiger partial charge in [0.1, 0.15) is 24.5 Å². The lowest BCUT2D eigenvalue weighted by Crippen LogP contribution is -2.24. The highest BCUT2D eigenvalue weighted by Crippen LogP contribution is 2.57. The Morgan fingerprint density at radius 2 is 1.81 bits per heavy atom. The molecule has 0 unspecified atom stereocenters. The minimum atomic E-state index is -0.580. The van der Waals surface area contributed by atoms with Crippen LogP contribution in [0.15, 0.2) is 40.2 Å². The Labute approximate surface area is 173 Å². The molecule has 1 saturated carbocycles. The molecule has 0 N–H and O–H groups in total. The predicted molar refractivity (Wildman–Crippen MR) is 104 cm³/mol. The number of anilines is 1. The number of aromatic nitrogens is 6. The summed E-state index contributed by atoms with van der Waals surface area (Å²) in [5.41, 5.74) is 1.12. The van der Waals surface area contributed by atoms with Gasteiger partial charge in [0.15, 0.2) is 17.0 Å². The second-order valence-electron chi connectivity index (χ2n) is 8.14. The summed E-state index contributed by atoms with van der Waals surface area (Å²) in [7, 11) is 1.74. The van der Waals surface area contributed by atoms with Crippen molar-refractivity contribution in [1.29, 1.82) is 0 Å². The van der Waals surface area contributed by atoms with Crippen LogP contribution in [0.25, 0.3) is 11.2 Å². The van der Waals surface area contributed by atoms with E-state index < -0.39 is 11.6 Å². The number of fused-ring (bicyclic) bond motifs is 2. The first-order valence-corrected chi connectivity index (χ1v) is 9.88. The zero-order valence-electron chi connectivity index (χ0n) is 16.4. The fraction of sp³-hybridized carbons (Fsp3) is 0.350. The smallest absolute Gasteiger partial charge is 0.280 e. The third kappa shape index (κ3) is 2.91. The monoisotopic (exact) mass is 425 g/mol. The van der Waals surface area contributed by atoms with Crippen LogP contribution in [-0.2, 0) is 13.6 Å². The van der Waals surface area contributed by atoms with E-state index >= 15 is 0 Å². The maximum Gasteiger partial charge on any atom is 0.280 e. The molecule has 6 rings (SSSR count). The number of hydrogen-bond donors (Lipinski definition) is 0. The average Bonchev–Trinajstić information content (AvgIpc) is 3.15. The van der Waals surface area contributed by atoms with Gasteiger partial charge in [-0.1, -0.05) is 5.16 Å². The second kappa shape index (κ2) is 6.43. The first kappa shape index (κ1) is 18.2. The van der Waals surface area contributed by atoms with Crippen molar-refractivity contribution >= 4 is 16.9 Å². The van der Waals surface area contributed by atoms with E-state index in [1.165, 1.54) is 23.0 Å². The molecule has 1 aliphatic heterocycles. The molecule has 1 aliphatic carbocycles. The summed E-state index contributed by atoms with van der Waals surface area (Å²) < 4.78 is 35.4. The Balaban J connectivity index is 1.17. The van der Waals surface area contributed by atoms with Gasteiger partial charge in [0.2, 0.25) is 5.89 Å². The molecule has 3 atom stereocenters. The van der Waals surface area contributed by atoms with Crippen LogP contribution in [0.2, 0.25) is 0 Å². The highest BCUT2D eigenvalue weighted by atomic mass is 19.1. The summed E-state index contributed by atoms with van der Waals surface area (Å²) in [4.78, 5) is 27.4. The molecule has 4 aromatic rings. The van der Waals surface area contributed by atoms with Gasteiger partial charge in [0.25, 0.3) is 5.56 Å². The standard InChI is InChI=1S/C20H17F2N7O2/c1-27-8-23-19-17(27)20(30)29(9-24-19)7-15-25-18(26-31-15)16-13-5-28(6-14(13)16)12-3-10(21)2-11(22)4-12/h2-4,8-9,13-14,16H,5-7H2,1H3/t13-,14+,16-. The lowest BCUT2D eigenvalue weighted by Gasteiger charge is -2.21. The Bertz CT molecular complexity index is 1350. The molecule has 2 aliphatic rings. The lowest BCUT2D eigenvalue weighted by atomic mass is 10.2. The van der Waals surface area contributed by atoms with Gasteiger partial charge in [0.05, 0.1) is 6.33 Å². The van der Waals surface area contributed by atoms with Gasteiger partial charge in [-0.25, -0.2) is 18.7 Å². The fourth-order valence-corrected chi connectivity index (χ4v) is 4.64. The normalized spacial score (nSPS) is 22.3. The van der Waals surface area contributed by atoms with Crippen molar-refractivity contribution in [2.24, 2.45) is 18.9 Å². The Morgan fingerprint density at radius 3 is 2.55 bits per heavy atom. The Morgan fingerprint density at radius 1 is 1.10 bits per heavy atom. The zero-order valence-corrected chi connectivity index (χ0v) is 16.4. The minimum absolute atomic E-state index is 0.122. The molecular formula is C20H17F2N7O2. The molecule has 11 heteroatoms. The Kier molecular flexibility index (Phi) is 3.77. The largest absolute Gasteiger partial charge is 0.371 e. The summed E-state index contributed by atoms with van der Waals surface area (Å²) in [6.45, 7) is 1.49. The van der Waals surface area contributed by atoms with E-state index in [-0.39, 0.29) is 18.0 Å². The average molecular weight is 425 g/mol. The van der Waals surface area contributed by atoms with E-state index in [9.17, 15) is 13.6 Å². The number of nitrogens with zero attached hydrogens (tertiary/aromatic N) is 7. The number of piperidine rings is 1. The van der Waals surface area contributed by atoms with Crippen molar-refractivity contribution in [3.05, 3.63) is 64.6 Å². The minimum Gasteiger partial charge on any atom is -0.371 e. The molecule has 3 aromatic heterocycles. The van der Waals surface area contributed by atoms with Crippen LogP contribution in [-0.4, -0.2) is 42.3 Å². The molecule has 0 radical (unpaired) electrons. The molecule has 31 heavy (non-hydrogen) atoms. The fourth-order valence-electron chi connectivity index (χ4n) is 4.64. The van der Waals surface area contributed by atoms with E-state index in [1.807, 2.05) is 4.90 Å². The second-order valence-corrected chi connectivity index (χ2v) is 8.14. The van der Waals surface area contributed by atoms with Gasteiger partial charge in [-0.05, 0) is 24.0 Å². The molecule has 0 bridgehead atoms. The molecule has 158 valence electrons. The van der Waals surface area contributed by atoms with Gasteiger partial charge in [-0.2, -0.15) is 4.98 Å². The maximum atomic E-state index is 13.5. The van der Waals surface area contributed by atoms with Gasteiger partial charge < -0.3 is 14.0 Å². The Hall–Kier alpha value is -3.63. The number of rotatable bonds is 4. The molecule has 1 saturated heterocycles. The van der Waals surface area contributed by atoms with Crippen molar-refractivity contribution in [3.8, 4) is 0 Å². The van der Waals surface area contributed by atoms with Crippen molar-refractivity contribution in [2.45, 2.75) is 12.5 Å². The molecule has 1 aromatic carbocycles. The van der Waals surface area contributed by atoms with E-state index in [0.717, 1.165) is 6.07 Å². The van der Waals surface area contributed by atoms with Gasteiger partial charge in [-0.3, -0.25) is 9.36 Å². The lowest BCUT2D eigenvalue weighted by molar-refractivity contribution is 0.363. The quantitative estimate of drug-likeness (QED) is 0.491. The summed E-state index contributed by atoms with van der Waals surface area (Å²) in [6, 6.07) is 3.57. The summed E-state index contributed by atoms with van der Waals surface area (Å²) in [5.74, 6) is 0.556. The van der Waals surface area contributed by atoms with Crippen LogP contribution in [0, 0.1) is 23.5 Å². The SMILES string of the molecule is Cn1cnc2ncn(Cc3nc([C@@H]4[C@@H]5CN(c6cc(F)cc(F)c6)C[C@@H]54)no3)c(=O)c21. The topological polar surface area (TPSA) is 94.9 Å². The van der Waals surface area contributed by atoms with Gasteiger partial charge in [-0.15, -0.1) is 0 Å². The molecular weight excluding hydrogens is 408 g/mol. The van der Waals surface area contributed by atoms with Crippen LogP contribution in [0.4, 0.5) is 14.5 Å². The van der Waals surface area contributed by atoms with E-state index in [0.29, 0.717) is 53.5 Å². The number of benzene rings is 1. The van der Waals surface area contributed by atoms with Crippen molar-refractivity contribution in [2.75, 3.05) is 18.0 Å². The van der Waals surface area contributed by atoms with Crippen LogP contribution < -0.4 is 10.5 Å². The number of hydrogen-bond acceptors (Lipinski definition) is 7. The first-order valence-electron chi connectivity index (χ1n) is 9.88. The molecule has 0 amide bonds.